The zero-order valence-electron chi connectivity index (χ0n) is 29.4. The van der Waals surface area contributed by atoms with Gasteiger partial charge in [-0.1, -0.05) is 109 Å². The lowest BCUT2D eigenvalue weighted by atomic mass is 9.94. The number of hydrogen-bond donors (Lipinski definition) is 0. The van der Waals surface area contributed by atoms with E-state index in [1.54, 1.807) is 0 Å². The second kappa shape index (κ2) is 10.6. The lowest BCUT2D eigenvalue weighted by Gasteiger charge is -2.08. The maximum absolute atomic E-state index is 6.80. The molecular formula is C52H28O3. The predicted molar refractivity (Wildman–Crippen MR) is 229 cm³/mol. The van der Waals surface area contributed by atoms with Crippen molar-refractivity contribution in [1.82, 2.24) is 0 Å². The molecule has 3 aromatic heterocycles. The topological polar surface area (TPSA) is 39.4 Å². The van der Waals surface area contributed by atoms with Gasteiger partial charge in [0.05, 0.1) is 0 Å². The molecule has 13 aromatic rings. The molecule has 0 fully saturated rings. The highest BCUT2D eigenvalue weighted by Gasteiger charge is 2.21. The molecule has 13 rings (SSSR count). The quantitative estimate of drug-likeness (QED) is 0.180. The van der Waals surface area contributed by atoms with Gasteiger partial charge in [0, 0.05) is 43.4 Å². The Morgan fingerprint density at radius 2 is 0.655 bits per heavy atom. The van der Waals surface area contributed by atoms with Crippen LogP contribution in [-0.4, -0.2) is 0 Å². The van der Waals surface area contributed by atoms with Gasteiger partial charge in [0.1, 0.15) is 33.5 Å². The van der Waals surface area contributed by atoms with E-state index in [1.807, 2.05) is 0 Å². The van der Waals surface area contributed by atoms with E-state index in [0.29, 0.717) is 0 Å². The van der Waals surface area contributed by atoms with Crippen LogP contribution >= 0.6 is 0 Å². The molecule has 10 aromatic carbocycles. The van der Waals surface area contributed by atoms with Crippen molar-refractivity contribution < 1.29 is 13.3 Å². The van der Waals surface area contributed by atoms with Crippen molar-refractivity contribution >= 4 is 109 Å². The van der Waals surface area contributed by atoms with Gasteiger partial charge in [-0.2, -0.15) is 0 Å². The van der Waals surface area contributed by atoms with Gasteiger partial charge >= 0.3 is 0 Å². The second-order valence-electron chi connectivity index (χ2n) is 14.8. The molecule has 0 atom stereocenters. The Balaban J connectivity index is 1.05. The molecule has 0 aliphatic heterocycles. The van der Waals surface area contributed by atoms with E-state index in [-0.39, 0.29) is 0 Å². The maximum atomic E-state index is 6.80. The highest BCUT2D eigenvalue weighted by atomic mass is 16.3. The lowest BCUT2D eigenvalue weighted by Crippen LogP contribution is -1.83. The normalized spacial score (nSPS) is 12.4. The molecule has 3 nitrogen and oxygen atoms in total. The van der Waals surface area contributed by atoms with Crippen molar-refractivity contribution in [2.75, 3.05) is 0 Å². The SMILES string of the molecule is c1ccc2cc3c(cc2c1)oc1c(-c2ccc4oc5ccc(-c6cc7ccccc7c7c6oc6cc8ccccc8cc67)cc5c4c2)cc2ccccc2c13. The summed E-state index contributed by atoms with van der Waals surface area (Å²) in [5.74, 6) is 0. The Hall–Kier alpha value is -7.36. The number of benzene rings is 10. The van der Waals surface area contributed by atoms with Crippen LogP contribution in [0.1, 0.15) is 0 Å². The van der Waals surface area contributed by atoms with Gasteiger partial charge in [-0.25, -0.2) is 0 Å². The number of hydrogen-bond acceptors (Lipinski definition) is 3. The predicted octanol–water partition coefficient (Wildman–Crippen LogP) is 15.3. The fourth-order valence-corrected chi connectivity index (χ4v) is 9.16. The second-order valence-corrected chi connectivity index (χ2v) is 14.8. The zero-order chi connectivity index (χ0) is 35.8. The van der Waals surface area contributed by atoms with Crippen molar-refractivity contribution in [2.24, 2.45) is 0 Å². The fraction of sp³-hybridized carbons (Fsp3) is 0. The van der Waals surface area contributed by atoms with Crippen LogP contribution in [0.5, 0.6) is 0 Å². The van der Waals surface area contributed by atoms with Gasteiger partial charge in [-0.3, -0.25) is 0 Å². The van der Waals surface area contributed by atoms with Gasteiger partial charge in [0.15, 0.2) is 0 Å². The van der Waals surface area contributed by atoms with Crippen molar-refractivity contribution in [3.63, 3.8) is 0 Å². The van der Waals surface area contributed by atoms with E-state index in [4.69, 9.17) is 13.3 Å². The number of fused-ring (bicyclic) bond motifs is 15. The summed E-state index contributed by atoms with van der Waals surface area (Å²) in [5.41, 5.74) is 9.57. The van der Waals surface area contributed by atoms with Gasteiger partial charge in [-0.15, -0.1) is 0 Å². The molecule has 0 N–H and O–H groups in total. The monoisotopic (exact) mass is 700 g/mol. The van der Waals surface area contributed by atoms with Crippen LogP contribution in [0.3, 0.4) is 0 Å². The summed E-state index contributed by atoms with van der Waals surface area (Å²) < 4.78 is 20.1. The van der Waals surface area contributed by atoms with Crippen LogP contribution < -0.4 is 0 Å². The minimum atomic E-state index is 0.850. The molecule has 0 unspecified atom stereocenters. The summed E-state index contributed by atoms with van der Waals surface area (Å²) in [7, 11) is 0. The van der Waals surface area contributed by atoms with Crippen molar-refractivity contribution in [3.8, 4) is 22.3 Å². The molecular weight excluding hydrogens is 673 g/mol. The minimum Gasteiger partial charge on any atom is -0.456 e. The average Bonchev–Trinajstić information content (AvgIpc) is 3.92. The van der Waals surface area contributed by atoms with Crippen LogP contribution in [0.25, 0.3) is 131 Å². The third-order valence-corrected chi connectivity index (χ3v) is 11.8. The van der Waals surface area contributed by atoms with Crippen molar-refractivity contribution in [2.45, 2.75) is 0 Å². The van der Waals surface area contributed by atoms with E-state index >= 15 is 0 Å². The Labute approximate surface area is 313 Å². The van der Waals surface area contributed by atoms with Crippen LogP contribution in [0.2, 0.25) is 0 Å². The molecule has 0 spiro atoms. The molecule has 0 aliphatic carbocycles. The first-order valence-corrected chi connectivity index (χ1v) is 18.7. The van der Waals surface area contributed by atoms with E-state index in [9.17, 15) is 0 Å². The Morgan fingerprint density at radius 3 is 1.11 bits per heavy atom. The molecule has 0 saturated heterocycles. The van der Waals surface area contributed by atoms with Gasteiger partial charge in [0.25, 0.3) is 0 Å². The summed E-state index contributed by atoms with van der Waals surface area (Å²) >= 11 is 0. The summed E-state index contributed by atoms with van der Waals surface area (Å²) in [6.45, 7) is 0. The zero-order valence-corrected chi connectivity index (χ0v) is 29.4. The maximum Gasteiger partial charge on any atom is 0.143 e. The van der Waals surface area contributed by atoms with E-state index in [0.717, 1.165) is 88.1 Å². The summed E-state index contributed by atoms with van der Waals surface area (Å²) in [5, 5.41) is 16.2. The van der Waals surface area contributed by atoms with Gasteiger partial charge in [-0.05, 0) is 115 Å². The Morgan fingerprint density at radius 1 is 0.255 bits per heavy atom. The Bertz CT molecular complexity index is 3530. The molecule has 0 saturated carbocycles. The smallest absolute Gasteiger partial charge is 0.143 e. The summed E-state index contributed by atoms with van der Waals surface area (Å²) in [6.07, 6.45) is 0. The largest absolute Gasteiger partial charge is 0.456 e. The molecule has 0 radical (unpaired) electrons. The highest BCUT2D eigenvalue weighted by molar-refractivity contribution is 6.26. The van der Waals surface area contributed by atoms with Gasteiger partial charge < -0.3 is 13.3 Å². The van der Waals surface area contributed by atoms with Crippen LogP contribution in [0.4, 0.5) is 0 Å². The van der Waals surface area contributed by atoms with Crippen LogP contribution in [0.15, 0.2) is 183 Å². The summed E-state index contributed by atoms with van der Waals surface area (Å²) in [6, 6.07) is 60.7. The first-order valence-electron chi connectivity index (χ1n) is 18.7. The Kier molecular flexibility index (Phi) is 5.63. The third kappa shape index (κ3) is 4.10. The minimum absolute atomic E-state index is 0.850. The van der Waals surface area contributed by atoms with E-state index in [2.05, 4.69) is 170 Å². The summed E-state index contributed by atoms with van der Waals surface area (Å²) in [4.78, 5) is 0. The highest BCUT2D eigenvalue weighted by Crippen LogP contribution is 2.46. The van der Waals surface area contributed by atoms with Crippen molar-refractivity contribution in [3.05, 3.63) is 170 Å². The molecule has 55 heavy (non-hydrogen) atoms. The van der Waals surface area contributed by atoms with Gasteiger partial charge in [0.2, 0.25) is 0 Å². The molecule has 0 amide bonds. The number of rotatable bonds is 2. The lowest BCUT2D eigenvalue weighted by molar-refractivity contribution is 0.668. The molecule has 3 heteroatoms. The van der Waals surface area contributed by atoms with Crippen LogP contribution in [0, 0.1) is 0 Å². The molecule has 254 valence electrons. The average molecular weight is 701 g/mol. The van der Waals surface area contributed by atoms with Crippen LogP contribution in [-0.2, 0) is 0 Å². The number of furan rings is 3. The standard InChI is InChI=1S/C52H28O3/c1-3-11-31-27-47-43(21-29(31)9-1)49-37-15-7-5-13-33(37)23-39(51(49)54-47)35-17-19-45-41(25-35)42-26-36(18-20-46(42)53-45)40-24-34-14-6-8-16-38(34)50-44-22-30-10-2-4-12-32(30)28-48(44)55-52(40)50/h1-28H. The fourth-order valence-electron chi connectivity index (χ4n) is 9.16. The molecule has 0 bridgehead atoms. The molecule has 3 heterocycles. The molecule has 0 aliphatic rings. The first-order chi connectivity index (χ1) is 27.2. The third-order valence-electron chi connectivity index (χ3n) is 11.8. The van der Waals surface area contributed by atoms with E-state index in [1.165, 1.54) is 43.1 Å². The van der Waals surface area contributed by atoms with Crippen molar-refractivity contribution in [1.29, 1.82) is 0 Å². The first kappa shape index (κ1) is 29.1. The van der Waals surface area contributed by atoms with E-state index < -0.39 is 0 Å².